The van der Waals surface area contributed by atoms with E-state index < -0.39 is 28.0 Å². The number of halogens is 1. The van der Waals surface area contributed by atoms with Crippen LogP contribution in [0.25, 0.3) is 0 Å². The fourth-order valence-electron chi connectivity index (χ4n) is 3.02. The molecular weight excluding hydrogens is 432 g/mol. The zero-order valence-electron chi connectivity index (χ0n) is 15.9. The van der Waals surface area contributed by atoms with Crippen molar-refractivity contribution in [3.63, 3.8) is 0 Å². The molecule has 3 N–H and O–H groups in total. The number of nitrogens with one attached hydrogen (secondary N) is 1. The summed E-state index contributed by atoms with van der Waals surface area (Å²) in [5, 5.41) is -0.0547. The van der Waals surface area contributed by atoms with E-state index in [2.05, 4.69) is 4.72 Å². The van der Waals surface area contributed by atoms with Gasteiger partial charge in [0, 0.05) is 18.7 Å². The first-order valence-electron chi connectivity index (χ1n) is 9.24. The van der Waals surface area contributed by atoms with Crippen molar-refractivity contribution in [2.24, 2.45) is 5.73 Å². The van der Waals surface area contributed by atoms with Crippen molar-refractivity contribution in [1.29, 1.82) is 0 Å². The third-order valence-corrected chi connectivity index (χ3v) is 6.47. The Morgan fingerprint density at radius 2 is 1.97 bits per heavy atom. The fourth-order valence-corrected chi connectivity index (χ4v) is 4.61. The van der Waals surface area contributed by atoms with E-state index >= 15 is 0 Å². The van der Waals surface area contributed by atoms with Crippen molar-refractivity contribution in [3.05, 3.63) is 64.7 Å². The minimum atomic E-state index is -3.99. The van der Waals surface area contributed by atoms with Crippen LogP contribution in [0.1, 0.15) is 34.9 Å². The SMILES string of the molecule is NC(=O)[C@H](OC(=O)c1ccc(Cl)c(S(=O)(=O)NC[C@H]2CCCO2)c1)c1ccccc1. The van der Waals surface area contributed by atoms with Gasteiger partial charge in [-0.3, -0.25) is 4.79 Å². The minimum absolute atomic E-state index is 0.0547. The van der Waals surface area contributed by atoms with Crippen molar-refractivity contribution in [2.45, 2.75) is 29.9 Å². The molecule has 0 spiro atoms. The van der Waals surface area contributed by atoms with Gasteiger partial charge in [0.05, 0.1) is 16.7 Å². The second kappa shape index (κ2) is 9.57. The third-order valence-electron chi connectivity index (χ3n) is 4.57. The van der Waals surface area contributed by atoms with E-state index in [-0.39, 0.29) is 28.1 Å². The number of rotatable bonds is 8. The lowest BCUT2D eigenvalue weighted by atomic mass is 10.1. The van der Waals surface area contributed by atoms with Gasteiger partial charge in [0.1, 0.15) is 4.90 Å². The Balaban J connectivity index is 1.79. The number of hydrogen-bond donors (Lipinski definition) is 2. The van der Waals surface area contributed by atoms with Crippen molar-refractivity contribution in [3.8, 4) is 0 Å². The van der Waals surface area contributed by atoms with Crippen molar-refractivity contribution < 1.29 is 27.5 Å². The number of nitrogens with two attached hydrogens (primary N) is 1. The van der Waals surface area contributed by atoms with Gasteiger partial charge in [-0.1, -0.05) is 41.9 Å². The normalized spacial score (nSPS) is 17.4. The highest BCUT2D eigenvalue weighted by atomic mass is 35.5. The first-order valence-corrected chi connectivity index (χ1v) is 11.1. The highest BCUT2D eigenvalue weighted by Gasteiger charge is 2.26. The largest absolute Gasteiger partial charge is 0.444 e. The molecule has 0 bridgehead atoms. The number of amides is 1. The Labute approximate surface area is 179 Å². The predicted octanol–water partition coefficient (Wildman–Crippen LogP) is 2.18. The summed E-state index contributed by atoms with van der Waals surface area (Å²) < 4.78 is 38.4. The summed E-state index contributed by atoms with van der Waals surface area (Å²) in [5.41, 5.74) is 5.68. The maximum atomic E-state index is 12.7. The van der Waals surface area contributed by atoms with Crippen LogP contribution < -0.4 is 10.5 Å². The highest BCUT2D eigenvalue weighted by Crippen LogP contribution is 2.25. The van der Waals surface area contributed by atoms with Crippen LogP contribution in [0.15, 0.2) is 53.4 Å². The first-order chi connectivity index (χ1) is 14.3. The molecule has 3 rings (SSSR count). The van der Waals surface area contributed by atoms with Gasteiger partial charge in [-0.15, -0.1) is 0 Å². The Bertz CT molecular complexity index is 1020. The van der Waals surface area contributed by atoms with E-state index in [4.69, 9.17) is 26.8 Å². The summed E-state index contributed by atoms with van der Waals surface area (Å²) in [6, 6.07) is 12.0. The highest BCUT2D eigenvalue weighted by molar-refractivity contribution is 7.89. The number of primary amides is 1. The quantitative estimate of drug-likeness (QED) is 0.591. The summed E-state index contributed by atoms with van der Waals surface area (Å²) in [4.78, 5) is 24.1. The van der Waals surface area contributed by atoms with E-state index in [9.17, 15) is 18.0 Å². The van der Waals surface area contributed by atoms with Crippen LogP contribution in [0.2, 0.25) is 5.02 Å². The summed E-state index contributed by atoms with van der Waals surface area (Å²) in [6.07, 6.45) is 0.119. The van der Waals surface area contributed by atoms with Gasteiger partial charge >= 0.3 is 5.97 Å². The number of hydrogen-bond acceptors (Lipinski definition) is 6. The molecule has 1 amide bonds. The summed E-state index contributed by atoms with van der Waals surface area (Å²) in [5.74, 6) is -1.76. The van der Waals surface area contributed by atoms with Crippen LogP contribution in [0.3, 0.4) is 0 Å². The number of sulfonamides is 1. The average molecular weight is 453 g/mol. The zero-order valence-corrected chi connectivity index (χ0v) is 17.5. The van der Waals surface area contributed by atoms with Gasteiger partial charge in [0.25, 0.3) is 5.91 Å². The van der Waals surface area contributed by atoms with Crippen LogP contribution in [-0.2, 0) is 24.3 Å². The lowest BCUT2D eigenvalue weighted by molar-refractivity contribution is -0.127. The number of benzene rings is 2. The van der Waals surface area contributed by atoms with Crippen LogP contribution in [0, 0.1) is 0 Å². The molecule has 1 saturated heterocycles. The van der Waals surface area contributed by atoms with Gasteiger partial charge in [-0.25, -0.2) is 17.9 Å². The maximum absolute atomic E-state index is 12.7. The molecule has 10 heteroatoms. The molecule has 8 nitrogen and oxygen atoms in total. The average Bonchev–Trinajstić information content (AvgIpc) is 3.25. The molecule has 0 unspecified atom stereocenters. The zero-order chi connectivity index (χ0) is 21.7. The number of esters is 1. The van der Waals surface area contributed by atoms with E-state index in [1.54, 1.807) is 30.3 Å². The Morgan fingerprint density at radius 1 is 1.23 bits per heavy atom. The maximum Gasteiger partial charge on any atom is 0.339 e. The van der Waals surface area contributed by atoms with Crippen LogP contribution in [-0.4, -0.2) is 39.5 Å². The fraction of sp³-hybridized carbons (Fsp3) is 0.300. The molecule has 30 heavy (non-hydrogen) atoms. The van der Waals surface area contributed by atoms with Gasteiger partial charge < -0.3 is 15.2 Å². The summed E-state index contributed by atoms with van der Waals surface area (Å²) >= 11 is 6.06. The molecule has 0 radical (unpaired) electrons. The van der Waals surface area contributed by atoms with E-state index in [0.717, 1.165) is 18.9 Å². The second-order valence-electron chi connectivity index (χ2n) is 6.73. The van der Waals surface area contributed by atoms with Crippen LogP contribution >= 0.6 is 11.6 Å². The topological polar surface area (TPSA) is 125 Å². The molecule has 1 fully saturated rings. The summed E-state index contributed by atoms with van der Waals surface area (Å²) in [6.45, 7) is 0.696. The van der Waals surface area contributed by atoms with E-state index in [1.807, 2.05) is 0 Å². The molecule has 0 saturated carbocycles. The van der Waals surface area contributed by atoms with Crippen molar-refractivity contribution in [2.75, 3.05) is 13.2 Å². The molecule has 1 aliphatic rings. The van der Waals surface area contributed by atoms with Crippen molar-refractivity contribution >= 4 is 33.5 Å². The number of carbonyl (C=O) groups is 2. The molecule has 2 atom stereocenters. The lowest BCUT2D eigenvalue weighted by Gasteiger charge is -2.16. The molecule has 0 aromatic heterocycles. The van der Waals surface area contributed by atoms with E-state index in [0.29, 0.717) is 12.2 Å². The molecule has 1 heterocycles. The Kier molecular flexibility index (Phi) is 7.09. The van der Waals surface area contributed by atoms with Gasteiger partial charge in [-0.05, 0) is 31.0 Å². The Hall–Kier alpha value is -2.46. The monoisotopic (exact) mass is 452 g/mol. The Morgan fingerprint density at radius 3 is 2.60 bits per heavy atom. The molecule has 0 aliphatic carbocycles. The number of carbonyl (C=O) groups excluding carboxylic acids is 2. The second-order valence-corrected chi connectivity index (χ2v) is 8.87. The molecule has 160 valence electrons. The first kappa shape index (κ1) is 22.2. The van der Waals surface area contributed by atoms with Gasteiger partial charge in [-0.2, -0.15) is 0 Å². The van der Waals surface area contributed by atoms with Gasteiger partial charge in [0.2, 0.25) is 16.1 Å². The number of ether oxygens (including phenoxy) is 2. The predicted molar refractivity (Wildman–Crippen MR) is 109 cm³/mol. The van der Waals surface area contributed by atoms with Crippen LogP contribution in [0.4, 0.5) is 0 Å². The van der Waals surface area contributed by atoms with Crippen LogP contribution in [0.5, 0.6) is 0 Å². The van der Waals surface area contributed by atoms with Gasteiger partial charge in [0.15, 0.2) is 0 Å². The smallest absolute Gasteiger partial charge is 0.339 e. The molecular formula is C20H21ClN2O6S. The standard InChI is InChI=1S/C20H21ClN2O6S/c21-16-9-8-14(11-17(16)30(26,27)23-12-15-7-4-10-28-15)20(25)29-18(19(22)24)13-5-2-1-3-6-13/h1-3,5-6,8-9,11,15,18,23H,4,7,10,12H2,(H2,22,24)/t15-,18-/m1/s1. The lowest BCUT2D eigenvalue weighted by Crippen LogP contribution is -2.32. The third kappa shape index (κ3) is 5.37. The minimum Gasteiger partial charge on any atom is -0.444 e. The van der Waals surface area contributed by atoms with Crippen molar-refractivity contribution in [1.82, 2.24) is 4.72 Å². The summed E-state index contributed by atoms with van der Waals surface area (Å²) in [7, 11) is -3.99. The molecule has 2 aromatic carbocycles. The molecule has 2 aromatic rings. The molecule has 1 aliphatic heterocycles. The van der Waals surface area contributed by atoms with E-state index in [1.165, 1.54) is 12.1 Å².